The number of rotatable bonds is 6. The van der Waals surface area contributed by atoms with Gasteiger partial charge in [0.2, 0.25) is 5.91 Å². The second-order valence-electron chi connectivity index (χ2n) is 6.30. The van der Waals surface area contributed by atoms with Crippen molar-refractivity contribution in [2.24, 2.45) is 0 Å². The number of thioether (sulfide) groups is 1. The van der Waals surface area contributed by atoms with Crippen molar-refractivity contribution >= 4 is 46.8 Å². The number of ether oxygens (including phenoxy) is 1. The summed E-state index contributed by atoms with van der Waals surface area (Å²) in [7, 11) is 0. The van der Waals surface area contributed by atoms with Crippen molar-refractivity contribution in [1.82, 2.24) is 5.32 Å². The molecule has 0 aromatic heterocycles. The number of carbonyl (C=O) groups is 3. The molecule has 3 rings (SSSR count). The van der Waals surface area contributed by atoms with E-state index >= 15 is 0 Å². The lowest BCUT2D eigenvalue weighted by molar-refractivity contribution is -0.149. The largest absolute Gasteiger partial charge is 0.456 e. The van der Waals surface area contributed by atoms with E-state index in [4.69, 9.17) is 16.3 Å². The van der Waals surface area contributed by atoms with Crippen molar-refractivity contribution in [2.75, 3.05) is 11.9 Å². The number of amides is 2. The Kier molecular flexibility index (Phi) is 6.59. The van der Waals surface area contributed by atoms with E-state index in [1.807, 2.05) is 37.3 Å². The van der Waals surface area contributed by atoms with Crippen LogP contribution < -0.4 is 10.6 Å². The van der Waals surface area contributed by atoms with Gasteiger partial charge in [-0.15, -0.1) is 11.8 Å². The summed E-state index contributed by atoms with van der Waals surface area (Å²) in [4.78, 5) is 37.1. The summed E-state index contributed by atoms with van der Waals surface area (Å²) in [5.41, 5.74) is 1.62. The molecule has 2 N–H and O–H groups in total. The summed E-state index contributed by atoms with van der Waals surface area (Å²) in [6, 6.07) is 14.2. The Labute approximate surface area is 172 Å². The van der Waals surface area contributed by atoms with Gasteiger partial charge in [-0.3, -0.25) is 14.4 Å². The van der Waals surface area contributed by atoms with Gasteiger partial charge in [-0.25, -0.2) is 0 Å². The van der Waals surface area contributed by atoms with Crippen molar-refractivity contribution in [3.8, 4) is 0 Å². The van der Waals surface area contributed by atoms with Crippen LogP contribution in [0.3, 0.4) is 0 Å². The lowest BCUT2D eigenvalue weighted by Crippen LogP contribution is -2.34. The normalized spacial score (nSPS) is 16.5. The summed E-state index contributed by atoms with van der Waals surface area (Å²) in [6.07, 6.45) is -0.106. The summed E-state index contributed by atoms with van der Waals surface area (Å²) in [5, 5.41) is 5.55. The van der Waals surface area contributed by atoms with Gasteiger partial charge >= 0.3 is 5.97 Å². The number of benzene rings is 2. The Morgan fingerprint density at radius 2 is 1.93 bits per heavy atom. The topological polar surface area (TPSA) is 84.5 Å². The average molecular weight is 419 g/mol. The maximum Gasteiger partial charge on any atom is 0.307 e. The van der Waals surface area contributed by atoms with Crippen LogP contribution in [0.5, 0.6) is 0 Å². The van der Waals surface area contributed by atoms with Gasteiger partial charge in [-0.1, -0.05) is 35.9 Å². The summed E-state index contributed by atoms with van der Waals surface area (Å²) >= 11 is 7.16. The fraction of sp³-hybridized carbons (Fsp3) is 0.250. The minimum atomic E-state index is -0.596. The monoisotopic (exact) mass is 418 g/mol. The van der Waals surface area contributed by atoms with Gasteiger partial charge in [0.15, 0.2) is 6.61 Å². The second-order valence-corrected chi connectivity index (χ2v) is 7.98. The zero-order chi connectivity index (χ0) is 20.1. The molecule has 0 bridgehead atoms. The summed E-state index contributed by atoms with van der Waals surface area (Å²) in [6.45, 7) is 1.43. The molecule has 2 amide bonds. The van der Waals surface area contributed by atoms with Crippen LogP contribution in [0.25, 0.3) is 0 Å². The molecule has 0 saturated carbocycles. The predicted octanol–water partition coefficient (Wildman–Crippen LogP) is 3.56. The first-order valence-corrected chi connectivity index (χ1v) is 9.95. The van der Waals surface area contributed by atoms with Crippen molar-refractivity contribution in [2.45, 2.75) is 29.5 Å². The molecule has 6 nitrogen and oxygen atoms in total. The highest BCUT2D eigenvalue weighted by Crippen LogP contribution is 2.36. The molecular formula is C20H19ClN2O4S. The SMILES string of the molecule is C[C@@H](NC(=O)COC(=O)C[C@@H]1Sc2ccccc2NC1=O)c1ccc(Cl)cc1. The average Bonchev–Trinajstić information content (AvgIpc) is 2.67. The molecule has 0 spiro atoms. The zero-order valence-electron chi connectivity index (χ0n) is 15.1. The van der Waals surface area contributed by atoms with E-state index in [9.17, 15) is 14.4 Å². The zero-order valence-corrected chi connectivity index (χ0v) is 16.7. The highest BCUT2D eigenvalue weighted by atomic mass is 35.5. The standard InChI is InChI=1S/C20H19ClN2O4S/c1-12(13-6-8-14(21)9-7-13)22-18(24)11-27-19(25)10-17-20(26)23-15-4-2-3-5-16(15)28-17/h2-9,12,17H,10-11H2,1H3,(H,22,24)(H,23,26)/t12-,17+/m1/s1. The van der Waals surface area contributed by atoms with Crippen LogP contribution >= 0.6 is 23.4 Å². The van der Waals surface area contributed by atoms with Gasteiger partial charge in [0.25, 0.3) is 5.91 Å². The van der Waals surface area contributed by atoms with Gasteiger partial charge < -0.3 is 15.4 Å². The van der Waals surface area contributed by atoms with E-state index in [0.29, 0.717) is 5.02 Å². The minimum absolute atomic E-state index is 0.106. The van der Waals surface area contributed by atoms with Gasteiger partial charge in [-0.2, -0.15) is 0 Å². The first-order chi connectivity index (χ1) is 13.4. The third-order valence-electron chi connectivity index (χ3n) is 4.17. The summed E-state index contributed by atoms with van der Waals surface area (Å²) in [5.74, 6) is -1.26. The van der Waals surface area contributed by atoms with Crippen LogP contribution in [0.15, 0.2) is 53.4 Å². The van der Waals surface area contributed by atoms with E-state index in [1.165, 1.54) is 11.8 Å². The van der Waals surface area contributed by atoms with Gasteiger partial charge in [0.05, 0.1) is 23.4 Å². The molecular weight excluding hydrogens is 400 g/mol. The molecule has 1 heterocycles. The van der Waals surface area contributed by atoms with Crippen molar-refractivity contribution in [3.63, 3.8) is 0 Å². The van der Waals surface area contributed by atoms with Gasteiger partial charge in [-0.05, 0) is 36.8 Å². The van der Waals surface area contributed by atoms with E-state index in [-0.39, 0.29) is 18.4 Å². The van der Waals surface area contributed by atoms with Crippen LogP contribution in [-0.2, 0) is 19.1 Å². The molecule has 8 heteroatoms. The summed E-state index contributed by atoms with van der Waals surface area (Å²) < 4.78 is 5.03. The molecule has 2 atom stereocenters. The van der Waals surface area contributed by atoms with Gasteiger partial charge in [0.1, 0.15) is 0 Å². The maximum atomic E-state index is 12.1. The van der Waals surface area contributed by atoms with E-state index in [0.717, 1.165) is 16.1 Å². The first-order valence-electron chi connectivity index (χ1n) is 8.69. The first kappa shape index (κ1) is 20.2. The molecule has 0 unspecified atom stereocenters. The number of halogens is 1. The van der Waals surface area contributed by atoms with Crippen LogP contribution in [0.4, 0.5) is 5.69 Å². The molecule has 0 saturated heterocycles. The van der Waals surface area contributed by atoms with Crippen LogP contribution in [-0.4, -0.2) is 29.6 Å². The number of para-hydroxylation sites is 1. The van der Waals surface area contributed by atoms with Gasteiger partial charge in [0, 0.05) is 9.92 Å². The third-order valence-corrected chi connectivity index (χ3v) is 5.70. The number of hydrogen-bond acceptors (Lipinski definition) is 5. The Morgan fingerprint density at radius 3 is 2.68 bits per heavy atom. The molecule has 1 aliphatic heterocycles. The van der Waals surface area contributed by atoms with Crippen molar-refractivity contribution in [1.29, 1.82) is 0 Å². The lowest BCUT2D eigenvalue weighted by Gasteiger charge is -2.23. The predicted molar refractivity (Wildman–Crippen MR) is 108 cm³/mol. The number of fused-ring (bicyclic) bond motifs is 1. The third kappa shape index (κ3) is 5.27. The maximum absolute atomic E-state index is 12.1. The molecule has 0 radical (unpaired) electrons. The number of nitrogens with one attached hydrogen (secondary N) is 2. The molecule has 0 aliphatic carbocycles. The molecule has 1 aliphatic rings. The quantitative estimate of drug-likeness (QED) is 0.700. The van der Waals surface area contributed by atoms with Crippen LogP contribution in [0, 0.1) is 0 Å². The minimum Gasteiger partial charge on any atom is -0.456 e. The smallest absolute Gasteiger partial charge is 0.307 e. The number of hydrogen-bond donors (Lipinski definition) is 2. The Morgan fingerprint density at radius 1 is 1.21 bits per heavy atom. The van der Waals surface area contributed by atoms with E-state index in [1.54, 1.807) is 18.2 Å². The Balaban J connectivity index is 1.45. The Bertz CT molecular complexity index is 888. The van der Waals surface area contributed by atoms with Crippen LogP contribution in [0.2, 0.25) is 5.02 Å². The highest BCUT2D eigenvalue weighted by molar-refractivity contribution is 8.01. The molecule has 28 heavy (non-hydrogen) atoms. The number of esters is 1. The molecule has 0 fully saturated rings. The Hall–Kier alpha value is -2.51. The highest BCUT2D eigenvalue weighted by Gasteiger charge is 2.29. The van der Waals surface area contributed by atoms with E-state index in [2.05, 4.69) is 10.6 Å². The molecule has 146 valence electrons. The second kappa shape index (κ2) is 9.12. The molecule has 2 aromatic rings. The van der Waals surface area contributed by atoms with E-state index < -0.39 is 23.7 Å². The fourth-order valence-electron chi connectivity index (χ4n) is 2.70. The van der Waals surface area contributed by atoms with Crippen molar-refractivity contribution in [3.05, 3.63) is 59.1 Å². The number of carbonyl (C=O) groups excluding carboxylic acids is 3. The fourth-order valence-corrected chi connectivity index (χ4v) is 3.92. The van der Waals surface area contributed by atoms with Crippen molar-refractivity contribution < 1.29 is 19.1 Å². The van der Waals surface area contributed by atoms with Crippen LogP contribution in [0.1, 0.15) is 24.9 Å². The lowest BCUT2D eigenvalue weighted by atomic mass is 10.1. The number of anilines is 1. The molecule has 2 aromatic carbocycles.